The third kappa shape index (κ3) is 2.13. The molecule has 0 atom stereocenters. The number of benzene rings is 1. The molecule has 102 valence electrons. The summed E-state index contributed by atoms with van der Waals surface area (Å²) in [4.78, 5) is 14.6. The zero-order valence-corrected chi connectivity index (χ0v) is 10.8. The fourth-order valence-electron chi connectivity index (χ4n) is 2.09. The van der Waals surface area contributed by atoms with E-state index in [1.807, 2.05) is 23.8 Å². The normalized spacial score (nSPS) is 11.1. The van der Waals surface area contributed by atoms with Crippen LogP contribution in [0.5, 0.6) is 0 Å². The van der Waals surface area contributed by atoms with Crippen LogP contribution in [-0.4, -0.2) is 19.6 Å². The SMILES string of the molecule is CCc1nc(Cn2ccc3cc([N+](=O)[O-])ccc32)no1. The van der Waals surface area contributed by atoms with Gasteiger partial charge in [-0.2, -0.15) is 4.98 Å². The van der Waals surface area contributed by atoms with Crippen LogP contribution < -0.4 is 0 Å². The van der Waals surface area contributed by atoms with E-state index in [1.165, 1.54) is 6.07 Å². The van der Waals surface area contributed by atoms with Crippen LogP contribution in [0.3, 0.4) is 0 Å². The first-order chi connectivity index (χ1) is 9.67. The number of rotatable bonds is 4. The highest BCUT2D eigenvalue weighted by Crippen LogP contribution is 2.22. The smallest absolute Gasteiger partial charge is 0.270 e. The molecule has 0 radical (unpaired) electrons. The molecule has 2 heterocycles. The first-order valence-electron chi connectivity index (χ1n) is 6.22. The van der Waals surface area contributed by atoms with Gasteiger partial charge in [-0.05, 0) is 12.1 Å². The van der Waals surface area contributed by atoms with Gasteiger partial charge >= 0.3 is 0 Å². The Bertz CT molecular complexity index is 775. The summed E-state index contributed by atoms with van der Waals surface area (Å²) < 4.78 is 7.00. The second kappa shape index (κ2) is 4.76. The molecule has 0 bridgehead atoms. The summed E-state index contributed by atoms with van der Waals surface area (Å²) >= 11 is 0. The molecular weight excluding hydrogens is 260 g/mol. The predicted octanol–water partition coefficient (Wildman–Crippen LogP) is 2.54. The van der Waals surface area contributed by atoms with Crippen molar-refractivity contribution in [2.45, 2.75) is 19.9 Å². The van der Waals surface area contributed by atoms with Crippen LogP contribution in [0.25, 0.3) is 10.9 Å². The summed E-state index contributed by atoms with van der Waals surface area (Å²) in [6.45, 7) is 2.42. The van der Waals surface area contributed by atoms with E-state index in [0.29, 0.717) is 24.7 Å². The molecular formula is C13H12N4O3. The van der Waals surface area contributed by atoms with E-state index in [1.54, 1.807) is 12.1 Å². The van der Waals surface area contributed by atoms with E-state index in [0.717, 1.165) is 10.9 Å². The zero-order chi connectivity index (χ0) is 14.1. The van der Waals surface area contributed by atoms with E-state index < -0.39 is 4.92 Å². The monoisotopic (exact) mass is 272 g/mol. The number of nitrogens with zero attached hydrogens (tertiary/aromatic N) is 4. The van der Waals surface area contributed by atoms with E-state index >= 15 is 0 Å². The van der Waals surface area contributed by atoms with Crippen molar-refractivity contribution in [1.29, 1.82) is 0 Å². The Morgan fingerprint density at radius 3 is 2.95 bits per heavy atom. The minimum absolute atomic E-state index is 0.0862. The molecule has 0 aliphatic heterocycles. The summed E-state index contributed by atoms with van der Waals surface area (Å²) in [6.07, 6.45) is 2.56. The zero-order valence-electron chi connectivity index (χ0n) is 10.8. The molecule has 0 unspecified atom stereocenters. The average Bonchev–Trinajstić information content (AvgIpc) is 3.06. The van der Waals surface area contributed by atoms with Crippen molar-refractivity contribution >= 4 is 16.6 Å². The number of aromatic nitrogens is 3. The summed E-state index contributed by atoms with van der Waals surface area (Å²) in [5.41, 5.74) is 0.988. The minimum Gasteiger partial charge on any atom is -0.340 e. The molecule has 7 nitrogen and oxygen atoms in total. The fraction of sp³-hybridized carbons (Fsp3) is 0.231. The number of non-ortho nitro benzene ring substituents is 1. The molecule has 0 spiro atoms. The van der Waals surface area contributed by atoms with Crippen LogP contribution >= 0.6 is 0 Å². The maximum Gasteiger partial charge on any atom is 0.270 e. The molecule has 0 aliphatic rings. The molecule has 1 aromatic carbocycles. The van der Waals surface area contributed by atoms with Crippen LogP contribution in [0.15, 0.2) is 35.0 Å². The number of hydrogen-bond acceptors (Lipinski definition) is 5. The lowest BCUT2D eigenvalue weighted by molar-refractivity contribution is -0.384. The number of aryl methyl sites for hydroxylation is 1. The lowest BCUT2D eigenvalue weighted by Crippen LogP contribution is -2.00. The highest BCUT2D eigenvalue weighted by atomic mass is 16.6. The Balaban J connectivity index is 1.94. The standard InChI is InChI=1S/C13H12N4O3/c1-2-13-14-12(15-20-13)8-16-6-5-9-7-10(17(18)19)3-4-11(9)16/h3-7H,2,8H2,1H3. The van der Waals surface area contributed by atoms with Crippen molar-refractivity contribution in [2.24, 2.45) is 0 Å². The van der Waals surface area contributed by atoms with Crippen molar-refractivity contribution in [1.82, 2.24) is 14.7 Å². The van der Waals surface area contributed by atoms with Gasteiger partial charge in [0.1, 0.15) is 0 Å². The van der Waals surface area contributed by atoms with E-state index in [4.69, 9.17) is 4.52 Å². The lowest BCUT2D eigenvalue weighted by atomic mass is 10.2. The van der Waals surface area contributed by atoms with Crippen molar-refractivity contribution in [3.8, 4) is 0 Å². The number of nitro groups is 1. The van der Waals surface area contributed by atoms with E-state index in [9.17, 15) is 10.1 Å². The third-order valence-electron chi connectivity index (χ3n) is 3.09. The molecule has 0 saturated heterocycles. The van der Waals surface area contributed by atoms with Gasteiger partial charge in [0.25, 0.3) is 5.69 Å². The second-order valence-corrected chi connectivity index (χ2v) is 4.40. The van der Waals surface area contributed by atoms with Crippen molar-refractivity contribution < 1.29 is 9.45 Å². The number of nitro benzene ring substituents is 1. The van der Waals surface area contributed by atoms with Crippen LogP contribution in [-0.2, 0) is 13.0 Å². The Morgan fingerprint density at radius 1 is 1.40 bits per heavy atom. The second-order valence-electron chi connectivity index (χ2n) is 4.40. The Labute approximate surface area is 114 Å². The molecule has 3 rings (SSSR count). The maximum atomic E-state index is 10.7. The lowest BCUT2D eigenvalue weighted by Gasteiger charge is -2.01. The van der Waals surface area contributed by atoms with Gasteiger partial charge in [0.05, 0.1) is 11.5 Å². The van der Waals surface area contributed by atoms with Gasteiger partial charge in [-0.25, -0.2) is 0 Å². The van der Waals surface area contributed by atoms with Crippen LogP contribution in [0.2, 0.25) is 0 Å². The topological polar surface area (TPSA) is 87.0 Å². The molecule has 2 aromatic heterocycles. The average molecular weight is 272 g/mol. The first-order valence-corrected chi connectivity index (χ1v) is 6.22. The Morgan fingerprint density at radius 2 is 2.25 bits per heavy atom. The molecule has 0 N–H and O–H groups in total. The summed E-state index contributed by atoms with van der Waals surface area (Å²) in [6, 6.07) is 6.61. The fourth-order valence-corrected chi connectivity index (χ4v) is 2.09. The molecule has 20 heavy (non-hydrogen) atoms. The molecule has 3 aromatic rings. The maximum absolute atomic E-state index is 10.7. The highest BCUT2D eigenvalue weighted by Gasteiger charge is 2.11. The minimum atomic E-state index is -0.399. The number of fused-ring (bicyclic) bond motifs is 1. The van der Waals surface area contributed by atoms with Gasteiger partial charge in [-0.1, -0.05) is 12.1 Å². The van der Waals surface area contributed by atoms with E-state index in [-0.39, 0.29) is 5.69 Å². The summed E-state index contributed by atoms with van der Waals surface area (Å²) in [5.74, 6) is 1.20. The molecule has 0 amide bonds. The molecule has 0 saturated carbocycles. The number of hydrogen-bond donors (Lipinski definition) is 0. The van der Waals surface area contributed by atoms with Crippen LogP contribution in [0.1, 0.15) is 18.6 Å². The summed E-state index contributed by atoms with van der Waals surface area (Å²) in [5, 5.41) is 15.5. The van der Waals surface area contributed by atoms with Crippen LogP contribution in [0, 0.1) is 10.1 Å². The van der Waals surface area contributed by atoms with Gasteiger partial charge in [-0.15, -0.1) is 0 Å². The van der Waals surface area contributed by atoms with Gasteiger partial charge in [-0.3, -0.25) is 10.1 Å². The Kier molecular flexibility index (Phi) is 2.94. The van der Waals surface area contributed by atoms with Crippen molar-refractivity contribution in [2.75, 3.05) is 0 Å². The van der Waals surface area contributed by atoms with Gasteiger partial charge in [0.15, 0.2) is 5.82 Å². The van der Waals surface area contributed by atoms with Crippen molar-refractivity contribution in [3.05, 3.63) is 52.3 Å². The van der Waals surface area contributed by atoms with E-state index in [2.05, 4.69) is 10.1 Å². The van der Waals surface area contributed by atoms with Gasteiger partial charge in [0, 0.05) is 35.7 Å². The third-order valence-corrected chi connectivity index (χ3v) is 3.09. The van der Waals surface area contributed by atoms with Gasteiger partial charge < -0.3 is 9.09 Å². The largest absolute Gasteiger partial charge is 0.340 e. The molecule has 0 aliphatic carbocycles. The quantitative estimate of drug-likeness (QED) is 0.538. The molecule has 7 heteroatoms. The Hall–Kier alpha value is -2.70. The van der Waals surface area contributed by atoms with Crippen molar-refractivity contribution in [3.63, 3.8) is 0 Å². The summed E-state index contributed by atoms with van der Waals surface area (Å²) in [7, 11) is 0. The highest BCUT2D eigenvalue weighted by molar-refractivity contribution is 5.82. The molecule has 0 fully saturated rings. The first kappa shape index (κ1) is 12.3. The van der Waals surface area contributed by atoms with Gasteiger partial charge in [0.2, 0.25) is 5.89 Å². The predicted molar refractivity (Wildman–Crippen MR) is 71.4 cm³/mol. The van der Waals surface area contributed by atoms with Crippen LogP contribution in [0.4, 0.5) is 5.69 Å².